The Hall–Kier alpha value is -2.56. The van der Waals surface area contributed by atoms with Crippen LogP contribution in [0.2, 0.25) is 0 Å². The molecule has 2 atom stereocenters. The van der Waals surface area contributed by atoms with E-state index in [1.807, 2.05) is 18.2 Å². The Morgan fingerprint density at radius 1 is 1.11 bits per heavy atom. The fraction of sp³-hybridized carbons (Fsp3) is 0.435. The van der Waals surface area contributed by atoms with E-state index in [2.05, 4.69) is 47.2 Å². The van der Waals surface area contributed by atoms with E-state index in [0.717, 1.165) is 19.5 Å². The number of piperazine rings is 1. The monoisotopic (exact) mass is 381 g/mol. The number of nitrogens with zero attached hydrogens (tertiary/aromatic N) is 2. The van der Waals surface area contributed by atoms with Crippen molar-refractivity contribution in [3.63, 3.8) is 0 Å². The van der Waals surface area contributed by atoms with Crippen molar-refractivity contribution in [2.75, 3.05) is 36.0 Å². The second kappa shape index (κ2) is 7.82. The molecule has 0 aliphatic carbocycles. The molecule has 1 N–H and O–H groups in total. The molecule has 2 heterocycles. The summed E-state index contributed by atoms with van der Waals surface area (Å²) in [5, 5.41) is 3.12. The summed E-state index contributed by atoms with van der Waals surface area (Å²) in [6.45, 7) is 7.05. The Balaban J connectivity index is 1.63. The van der Waals surface area contributed by atoms with Crippen LogP contribution in [0.1, 0.15) is 19.4 Å². The summed E-state index contributed by atoms with van der Waals surface area (Å²) in [5.41, 5.74) is 3.07. The van der Waals surface area contributed by atoms with Gasteiger partial charge in [-0.25, -0.2) is 4.39 Å². The number of carbonyl (C=O) groups excluding carboxylic acids is 1. The van der Waals surface area contributed by atoms with Crippen molar-refractivity contribution in [1.82, 2.24) is 5.32 Å². The van der Waals surface area contributed by atoms with Gasteiger partial charge in [-0.05, 0) is 36.1 Å². The minimum atomic E-state index is -0.201. The highest BCUT2D eigenvalue weighted by Gasteiger charge is 2.41. The summed E-state index contributed by atoms with van der Waals surface area (Å²) in [6, 6.07) is 15.3. The zero-order chi connectivity index (χ0) is 19.7. The van der Waals surface area contributed by atoms with Crippen molar-refractivity contribution in [3.8, 4) is 0 Å². The number of hydrogen-bond acceptors (Lipinski definition) is 3. The second-order valence-electron chi connectivity index (χ2n) is 8.24. The SMILES string of the molecule is CC(C)CNC(=O)[C@H]1Cc2ccccc2N2CCN(c3ccccc3F)C[C@H]12. The second-order valence-corrected chi connectivity index (χ2v) is 8.24. The van der Waals surface area contributed by atoms with E-state index in [1.165, 1.54) is 17.3 Å². The van der Waals surface area contributed by atoms with Crippen LogP contribution in [0.15, 0.2) is 48.5 Å². The van der Waals surface area contributed by atoms with Crippen molar-refractivity contribution < 1.29 is 9.18 Å². The van der Waals surface area contributed by atoms with Gasteiger partial charge < -0.3 is 15.1 Å². The molecular formula is C23H28FN3O. The number of hydrogen-bond donors (Lipinski definition) is 1. The predicted molar refractivity (Wildman–Crippen MR) is 111 cm³/mol. The number of rotatable bonds is 4. The lowest BCUT2D eigenvalue weighted by Gasteiger charge is -2.49. The van der Waals surface area contributed by atoms with Gasteiger partial charge in [-0.3, -0.25) is 4.79 Å². The molecule has 4 nitrogen and oxygen atoms in total. The largest absolute Gasteiger partial charge is 0.365 e. The molecule has 5 heteroatoms. The van der Waals surface area contributed by atoms with Crippen LogP contribution in [0.3, 0.4) is 0 Å². The van der Waals surface area contributed by atoms with Gasteiger partial charge in [-0.15, -0.1) is 0 Å². The zero-order valence-electron chi connectivity index (χ0n) is 16.6. The highest BCUT2D eigenvalue weighted by Crippen LogP contribution is 2.37. The quantitative estimate of drug-likeness (QED) is 0.881. The maximum absolute atomic E-state index is 14.4. The molecule has 0 aromatic heterocycles. The van der Waals surface area contributed by atoms with Gasteiger partial charge in [0.2, 0.25) is 5.91 Å². The van der Waals surface area contributed by atoms with Gasteiger partial charge in [0.15, 0.2) is 0 Å². The van der Waals surface area contributed by atoms with Crippen LogP contribution in [0.25, 0.3) is 0 Å². The zero-order valence-corrected chi connectivity index (χ0v) is 16.6. The predicted octanol–water partition coefficient (Wildman–Crippen LogP) is 3.47. The molecule has 0 spiro atoms. The van der Waals surface area contributed by atoms with E-state index in [4.69, 9.17) is 0 Å². The van der Waals surface area contributed by atoms with Crippen LogP contribution in [0.5, 0.6) is 0 Å². The van der Waals surface area contributed by atoms with Crippen molar-refractivity contribution in [2.24, 2.45) is 11.8 Å². The molecule has 2 aliphatic heterocycles. The summed E-state index contributed by atoms with van der Waals surface area (Å²) < 4.78 is 14.4. The summed E-state index contributed by atoms with van der Waals surface area (Å²) in [5.74, 6) is 0.182. The van der Waals surface area contributed by atoms with Crippen LogP contribution >= 0.6 is 0 Å². The van der Waals surface area contributed by atoms with Gasteiger partial charge in [0.05, 0.1) is 17.6 Å². The number of anilines is 2. The fourth-order valence-corrected chi connectivity index (χ4v) is 4.42. The van der Waals surface area contributed by atoms with Gasteiger partial charge in [-0.1, -0.05) is 44.2 Å². The number of fused-ring (bicyclic) bond motifs is 3. The topological polar surface area (TPSA) is 35.6 Å². The van der Waals surface area contributed by atoms with Gasteiger partial charge >= 0.3 is 0 Å². The lowest BCUT2D eigenvalue weighted by molar-refractivity contribution is -0.126. The highest BCUT2D eigenvalue weighted by molar-refractivity contribution is 5.82. The van der Waals surface area contributed by atoms with Crippen LogP contribution < -0.4 is 15.1 Å². The van der Waals surface area contributed by atoms with Gasteiger partial charge in [0.25, 0.3) is 0 Å². The molecule has 0 unspecified atom stereocenters. The molecule has 2 aliphatic rings. The lowest BCUT2D eigenvalue weighted by Crippen LogP contribution is -2.61. The molecule has 0 radical (unpaired) electrons. The van der Waals surface area contributed by atoms with E-state index in [0.29, 0.717) is 24.7 Å². The normalized spacial score (nSPS) is 21.3. The van der Waals surface area contributed by atoms with Crippen molar-refractivity contribution >= 4 is 17.3 Å². The van der Waals surface area contributed by atoms with Crippen LogP contribution in [0.4, 0.5) is 15.8 Å². The first-order chi connectivity index (χ1) is 13.5. The first-order valence-corrected chi connectivity index (χ1v) is 10.2. The fourth-order valence-electron chi connectivity index (χ4n) is 4.42. The van der Waals surface area contributed by atoms with Crippen LogP contribution in [0, 0.1) is 17.7 Å². The first-order valence-electron chi connectivity index (χ1n) is 10.2. The Labute approximate surface area is 166 Å². The van der Waals surface area contributed by atoms with E-state index in [-0.39, 0.29) is 23.7 Å². The summed E-state index contributed by atoms with van der Waals surface area (Å²) >= 11 is 0. The Morgan fingerprint density at radius 3 is 2.57 bits per heavy atom. The third kappa shape index (κ3) is 3.58. The molecule has 1 amide bonds. The van der Waals surface area contributed by atoms with E-state index < -0.39 is 0 Å². The smallest absolute Gasteiger partial charge is 0.225 e. The first kappa shape index (κ1) is 18.8. The lowest BCUT2D eigenvalue weighted by atomic mass is 9.83. The third-order valence-corrected chi connectivity index (χ3v) is 5.84. The number of para-hydroxylation sites is 2. The molecule has 0 saturated carbocycles. The molecule has 1 saturated heterocycles. The number of nitrogens with one attached hydrogen (secondary N) is 1. The minimum Gasteiger partial charge on any atom is -0.365 e. The molecular weight excluding hydrogens is 353 g/mol. The maximum atomic E-state index is 14.4. The molecule has 4 rings (SSSR count). The van der Waals surface area contributed by atoms with Crippen molar-refractivity contribution in [3.05, 3.63) is 59.9 Å². The maximum Gasteiger partial charge on any atom is 0.225 e. The molecule has 2 aromatic carbocycles. The van der Waals surface area contributed by atoms with Gasteiger partial charge in [-0.2, -0.15) is 0 Å². The number of carbonyl (C=O) groups is 1. The Kier molecular flexibility index (Phi) is 5.25. The Morgan fingerprint density at radius 2 is 1.82 bits per heavy atom. The molecule has 0 bridgehead atoms. The average molecular weight is 381 g/mol. The van der Waals surface area contributed by atoms with Crippen LogP contribution in [-0.2, 0) is 11.2 Å². The van der Waals surface area contributed by atoms with E-state index in [1.54, 1.807) is 6.07 Å². The van der Waals surface area contributed by atoms with E-state index >= 15 is 0 Å². The molecule has 2 aromatic rings. The van der Waals surface area contributed by atoms with Gasteiger partial charge in [0.1, 0.15) is 5.82 Å². The average Bonchev–Trinajstić information content (AvgIpc) is 2.71. The number of benzene rings is 2. The third-order valence-electron chi connectivity index (χ3n) is 5.84. The Bertz CT molecular complexity index is 853. The molecule has 1 fully saturated rings. The van der Waals surface area contributed by atoms with Crippen molar-refractivity contribution in [2.45, 2.75) is 26.3 Å². The molecule has 28 heavy (non-hydrogen) atoms. The van der Waals surface area contributed by atoms with Crippen molar-refractivity contribution in [1.29, 1.82) is 0 Å². The van der Waals surface area contributed by atoms with Crippen LogP contribution in [-0.4, -0.2) is 38.1 Å². The van der Waals surface area contributed by atoms with Gasteiger partial charge in [0, 0.05) is 31.9 Å². The van der Waals surface area contributed by atoms with E-state index in [9.17, 15) is 9.18 Å². The highest BCUT2D eigenvalue weighted by atomic mass is 19.1. The summed E-state index contributed by atoms with van der Waals surface area (Å²) in [4.78, 5) is 17.5. The summed E-state index contributed by atoms with van der Waals surface area (Å²) in [7, 11) is 0. The number of halogens is 1. The molecule has 148 valence electrons. The standard InChI is InChI=1S/C23H28FN3O/c1-16(2)14-25-23(28)18-13-17-7-3-5-9-20(17)27-12-11-26(15-22(18)27)21-10-6-4-8-19(21)24/h3-10,16,18,22H,11-15H2,1-2H3,(H,25,28)/t18-,22+/m0/s1. The number of amides is 1. The summed E-state index contributed by atoms with van der Waals surface area (Å²) in [6.07, 6.45) is 0.729. The minimum absolute atomic E-state index is 0.0374.